The van der Waals surface area contributed by atoms with E-state index in [9.17, 15) is 8.42 Å². The lowest BCUT2D eigenvalue weighted by Gasteiger charge is -2.28. The van der Waals surface area contributed by atoms with E-state index in [-0.39, 0.29) is 0 Å². The van der Waals surface area contributed by atoms with Crippen molar-refractivity contribution in [1.29, 1.82) is 0 Å². The Morgan fingerprint density at radius 3 is 1.48 bits per heavy atom. The lowest BCUT2D eigenvalue weighted by Crippen LogP contribution is -2.42. The van der Waals surface area contributed by atoms with Gasteiger partial charge in [-0.25, -0.2) is 5.14 Å². The molecule has 0 aliphatic heterocycles. The Morgan fingerprint density at radius 1 is 0.857 bits per heavy atom. The van der Waals surface area contributed by atoms with Crippen molar-refractivity contribution in [1.82, 2.24) is 4.31 Å². The molecule has 5 heteroatoms. The molecule has 0 aromatic heterocycles. The molecule has 2 N–H and O–H groups in total. The van der Waals surface area contributed by atoms with Crippen LogP contribution in [0, 0.1) is 11.8 Å². The molecule has 0 spiro atoms. The third-order valence-electron chi connectivity index (χ3n) is 4.37. The first-order chi connectivity index (χ1) is 9.88. The van der Waals surface area contributed by atoms with Crippen LogP contribution in [0.4, 0.5) is 0 Å². The lowest BCUT2D eigenvalue weighted by molar-refractivity contribution is 0.270. The summed E-state index contributed by atoms with van der Waals surface area (Å²) in [4.78, 5) is 0. The van der Waals surface area contributed by atoms with E-state index in [0.29, 0.717) is 24.9 Å². The minimum Gasteiger partial charge on any atom is -0.216 e. The summed E-state index contributed by atoms with van der Waals surface area (Å²) in [6, 6.07) is 0. The van der Waals surface area contributed by atoms with Gasteiger partial charge >= 0.3 is 0 Å². The molecule has 0 aromatic rings. The molecule has 0 heterocycles. The Bertz CT molecular complexity index is 326. The molecular formula is C16H36N2O2S. The number of unbranched alkanes of at least 4 members (excludes halogenated alkanes) is 2. The zero-order valence-corrected chi connectivity index (χ0v) is 15.3. The highest BCUT2D eigenvalue weighted by Gasteiger charge is 2.24. The van der Waals surface area contributed by atoms with Gasteiger partial charge in [0.25, 0.3) is 10.2 Å². The highest BCUT2D eigenvalue weighted by atomic mass is 32.2. The number of nitrogens with zero attached hydrogens (tertiary/aromatic N) is 1. The number of nitrogens with two attached hydrogens (primary N) is 1. The summed E-state index contributed by atoms with van der Waals surface area (Å²) in [5.74, 6) is 0.846. The number of hydrogen-bond acceptors (Lipinski definition) is 2. The van der Waals surface area contributed by atoms with Crippen molar-refractivity contribution in [2.75, 3.05) is 13.1 Å². The molecule has 0 radical (unpaired) electrons. The van der Waals surface area contributed by atoms with Crippen LogP contribution in [0.25, 0.3) is 0 Å². The molecule has 0 saturated carbocycles. The van der Waals surface area contributed by atoms with Crippen molar-refractivity contribution in [2.45, 2.75) is 79.1 Å². The van der Waals surface area contributed by atoms with Gasteiger partial charge in [0.2, 0.25) is 0 Å². The molecule has 128 valence electrons. The van der Waals surface area contributed by atoms with Gasteiger partial charge in [-0.05, 0) is 24.7 Å². The van der Waals surface area contributed by atoms with E-state index in [0.717, 1.165) is 51.4 Å². The van der Waals surface area contributed by atoms with Gasteiger partial charge in [0.1, 0.15) is 0 Å². The topological polar surface area (TPSA) is 63.4 Å². The molecule has 21 heavy (non-hydrogen) atoms. The van der Waals surface area contributed by atoms with Gasteiger partial charge < -0.3 is 0 Å². The van der Waals surface area contributed by atoms with Crippen molar-refractivity contribution in [3.8, 4) is 0 Å². The minimum atomic E-state index is -3.59. The molecule has 4 nitrogen and oxygen atoms in total. The monoisotopic (exact) mass is 320 g/mol. The van der Waals surface area contributed by atoms with Gasteiger partial charge in [0.15, 0.2) is 0 Å². The van der Waals surface area contributed by atoms with Crippen LogP contribution in [0.15, 0.2) is 0 Å². The van der Waals surface area contributed by atoms with Crippen LogP contribution < -0.4 is 5.14 Å². The molecule has 0 aliphatic rings. The first-order valence-corrected chi connectivity index (χ1v) is 10.2. The van der Waals surface area contributed by atoms with Crippen molar-refractivity contribution < 1.29 is 8.42 Å². The van der Waals surface area contributed by atoms with Crippen molar-refractivity contribution in [2.24, 2.45) is 17.0 Å². The number of hydrogen-bond donors (Lipinski definition) is 1. The molecule has 2 unspecified atom stereocenters. The molecule has 0 rings (SSSR count). The average molecular weight is 321 g/mol. The van der Waals surface area contributed by atoms with Crippen LogP contribution in [0.3, 0.4) is 0 Å². The highest BCUT2D eigenvalue weighted by Crippen LogP contribution is 2.19. The highest BCUT2D eigenvalue weighted by molar-refractivity contribution is 7.86. The van der Waals surface area contributed by atoms with Gasteiger partial charge in [0, 0.05) is 13.1 Å². The maximum Gasteiger partial charge on any atom is 0.276 e. The fourth-order valence-corrected chi connectivity index (χ4v) is 3.53. The van der Waals surface area contributed by atoms with E-state index < -0.39 is 10.2 Å². The van der Waals surface area contributed by atoms with E-state index >= 15 is 0 Å². The fourth-order valence-electron chi connectivity index (χ4n) is 2.69. The summed E-state index contributed by atoms with van der Waals surface area (Å²) in [5.41, 5.74) is 0. The predicted molar refractivity (Wildman–Crippen MR) is 91.3 cm³/mol. The quantitative estimate of drug-likeness (QED) is 0.559. The fraction of sp³-hybridized carbons (Fsp3) is 1.00. The standard InChI is InChI=1S/C16H36N2O2S/c1-5-9-11-15(7-3)13-18(21(17,19)20)14-16(8-4)12-10-6-2/h15-16H,5-14H2,1-4H3,(H2,17,19,20). The van der Waals surface area contributed by atoms with Crippen LogP contribution in [0.1, 0.15) is 79.1 Å². The van der Waals surface area contributed by atoms with Gasteiger partial charge in [-0.3, -0.25) is 0 Å². The normalized spacial score (nSPS) is 15.3. The summed E-state index contributed by atoms with van der Waals surface area (Å²) >= 11 is 0. The Morgan fingerprint density at radius 2 is 1.24 bits per heavy atom. The summed E-state index contributed by atoms with van der Waals surface area (Å²) in [6.07, 6.45) is 8.82. The van der Waals surface area contributed by atoms with E-state index in [1.165, 1.54) is 4.31 Å². The smallest absolute Gasteiger partial charge is 0.216 e. The van der Waals surface area contributed by atoms with E-state index in [4.69, 9.17) is 5.14 Å². The second kappa shape index (κ2) is 11.4. The summed E-state index contributed by atoms with van der Waals surface area (Å²) in [5, 5.41) is 5.44. The predicted octanol–water partition coefficient (Wildman–Crippen LogP) is 3.92. The van der Waals surface area contributed by atoms with Crippen LogP contribution in [0.5, 0.6) is 0 Å². The Labute approximate surface area is 132 Å². The van der Waals surface area contributed by atoms with Gasteiger partial charge in [-0.2, -0.15) is 12.7 Å². The zero-order valence-electron chi connectivity index (χ0n) is 14.5. The van der Waals surface area contributed by atoms with Crippen LogP contribution in [-0.2, 0) is 10.2 Å². The van der Waals surface area contributed by atoms with Crippen LogP contribution >= 0.6 is 0 Å². The van der Waals surface area contributed by atoms with E-state index in [2.05, 4.69) is 27.7 Å². The second-order valence-electron chi connectivity index (χ2n) is 6.19. The SMILES string of the molecule is CCCCC(CC)CN(CC(CC)CCCC)S(N)(=O)=O. The molecule has 0 fully saturated rings. The third-order valence-corrected chi connectivity index (χ3v) is 5.39. The van der Waals surface area contributed by atoms with Crippen LogP contribution in [-0.4, -0.2) is 25.8 Å². The van der Waals surface area contributed by atoms with E-state index in [1.807, 2.05) is 0 Å². The van der Waals surface area contributed by atoms with Crippen molar-refractivity contribution >= 4 is 10.2 Å². The maximum atomic E-state index is 11.9. The summed E-state index contributed by atoms with van der Waals surface area (Å²) < 4.78 is 25.3. The average Bonchev–Trinajstić information content (AvgIpc) is 2.44. The van der Waals surface area contributed by atoms with Gasteiger partial charge in [-0.1, -0.05) is 66.2 Å². The number of rotatable bonds is 13. The molecule has 0 amide bonds. The first kappa shape index (κ1) is 20.9. The molecule has 0 aliphatic carbocycles. The molecule has 0 bridgehead atoms. The van der Waals surface area contributed by atoms with Gasteiger partial charge in [0.05, 0.1) is 0 Å². The largest absolute Gasteiger partial charge is 0.276 e. The molecule has 0 aromatic carbocycles. The summed E-state index contributed by atoms with van der Waals surface area (Å²) in [7, 11) is -3.59. The van der Waals surface area contributed by atoms with Crippen molar-refractivity contribution in [3.05, 3.63) is 0 Å². The van der Waals surface area contributed by atoms with Gasteiger partial charge in [-0.15, -0.1) is 0 Å². The van der Waals surface area contributed by atoms with E-state index in [1.54, 1.807) is 0 Å². The molecule has 0 saturated heterocycles. The second-order valence-corrected chi connectivity index (χ2v) is 7.74. The Kier molecular flexibility index (Phi) is 11.4. The van der Waals surface area contributed by atoms with Crippen molar-refractivity contribution in [3.63, 3.8) is 0 Å². The molecule has 2 atom stereocenters. The first-order valence-electron chi connectivity index (χ1n) is 8.66. The summed E-state index contributed by atoms with van der Waals surface area (Å²) in [6.45, 7) is 9.77. The molecular weight excluding hydrogens is 284 g/mol. The Balaban J connectivity index is 4.71. The van der Waals surface area contributed by atoms with Crippen LogP contribution in [0.2, 0.25) is 0 Å². The minimum absolute atomic E-state index is 0.423. The Hall–Kier alpha value is -0.130. The third kappa shape index (κ3) is 9.48. The maximum absolute atomic E-state index is 11.9. The lowest BCUT2D eigenvalue weighted by atomic mass is 9.97. The zero-order chi connectivity index (χ0) is 16.3.